The molecule has 1 fully saturated rings. The Morgan fingerprint density at radius 1 is 1.47 bits per heavy atom. The molecule has 5 heteroatoms. The van der Waals surface area contributed by atoms with Crippen LogP contribution >= 0.6 is 23.6 Å². The molecule has 2 N–H and O–H groups in total. The number of nitrogens with zero attached hydrogens (tertiary/aromatic N) is 1. The summed E-state index contributed by atoms with van der Waals surface area (Å²) in [5, 5.41) is 0. The highest BCUT2D eigenvalue weighted by Gasteiger charge is 2.34. The zero-order valence-electron chi connectivity index (χ0n) is 11.4. The van der Waals surface area contributed by atoms with Crippen molar-refractivity contribution in [2.24, 2.45) is 11.1 Å². The van der Waals surface area contributed by atoms with E-state index in [0.29, 0.717) is 4.99 Å². The van der Waals surface area contributed by atoms with Crippen LogP contribution in [0.3, 0.4) is 0 Å². The van der Waals surface area contributed by atoms with Crippen molar-refractivity contribution >= 4 is 34.5 Å². The van der Waals surface area contributed by atoms with Crippen LogP contribution in [0.25, 0.3) is 0 Å². The molecule has 2 rings (SSSR count). The Bertz CT molecular complexity index is 487. The summed E-state index contributed by atoms with van der Waals surface area (Å²) in [6.07, 6.45) is 2.71. The first-order valence-electron chi connectivity index (χ1n) is 6.64. The summed E-state index contributed by atoms with van der Waals surface area (Å²) in [5.41, 5.74) is 5.70. The summed E-state index contributed by atoms with van der Waals surface area (Å²) < 4.78 is 0. The quantitative estimate of drug-likeness (QED) is 0.873. The highest BCUT2D eigenvalue weighted by Crippen LogP contribution is 2.32. The summed E-state index contributed by atoms with van der Waals surface area (Å²) in [6.45, 7) is 5.68. The number of amides is 1. The number of likely N-dealkylation sites (tertiary alicyclic amines) is 1. The van der Waals surface area contributed by atoms with Gasteiger partial charge in [-0.05, 0) is 31.4 Å². The lowest BCUT2D eigenvalue weighted by Gasteiger charge is -2.38. The maximum atomic E-state index is 12.4. The Balaban J connectivity index is 2.01. The minimum absolute atomic E-state index is 0.0872. The van der Waals surface area contributed by atoms with Gasteiger partial charge in [0, 0.05) is 23.4 Å². The molecule has 3 nitrogen and oxygen atoms in total. The molecule has 0 radical (unpaired) electrons. The second kappa shape index (κ2) is 5.59. The highest BCUT2D eigenvalue weighted by molar-refractivity contribution is 7.80. The Morgan fingerprint density at radius 2 is 2.11 bits per heavy atom. The number of carbonyl (C=O) groups excluding carboxylic acids is 1. The molecule has 1 aromatic rings. The van der Waals surface area contributed by atoms with Crippen molar-refractivity contribution in [3.05, 3.63) is 21.9 Å². The molecule has 1 aliphatic rings. The maximum Gasteiger partial charge on any atom is 0.263 e. The lowest BCUT2D eigenvalue weighted by molar-refractivity contribution is 0.0675. The summed E-state index contributed by atoms with van der Waals surface area (Å²) >= 11 is 6.72. The van der Waals surface area contributed by atoms with E-state index < -0.39 is 0 Å². The zero-order chi connectivity index (χ0) is 14.0. The molecule has 1 aliphatic heterocycles. The van der Waals surface area contributed by atoms with E-state index in [4.69, 9.17) is 18.0 Å². The van der Waals surface area contributed by atoms with Gasteiger partial charge in [-0.15, -0.1) is 11.3 Å². The van der Waals surface area contributed by atoms with Gasteiger partial charge in [-0.1, -0.05) is 26.1 Å². The monoisotopic (exact) mass is 296 g/mol. The Hall–Kier alpha value is -0.940. The third-order valence-corrected chi connectivity index (χ3v) is 5.68. The van der Waals surface area contributed by atoms with Gasteiger partial charge in [-0.2, -0.15) is 0 Å². The van der Waals surface area contributed by atoms with E-state index >= 15 is 0 Å². The van der Waals surface area contributed by atoms with Crippen molar-refractivity contribution < 1.29 is 4.79 Å². The second-order valence-corrected chi connectivity index (χ2v) is 6.94. The van der Waals surface area contributed by atoms with Crippen LogP contribution < -0.4 is 5.73 Å². The van der Waals surface area contributed by atoms with Gasteiger partial charge in [0.25, 0.3) is 5.91 Å². The molecule has 0 saturated carbocycles. The lowest BCUT2D eigenvalue weighted by Crippen LogP contribution is -2.46. The maximum absolute atomic E-state index is 12.4. The standard InChI is InChI=1S/C14H20N2OS2/c1-3-10-4-5-11(19-10)12(17)16-8-6-14(2,7-9-16)13(15)18/h4-5H,3,6-9H2,1-2H3,(H2,15,18). The molecule has 19 heavy (non-hydrogen) atoms. The first-order chi connectivity index (χ1) is 8.96. The highest BCUT2D eigenvalue weighted by atomic mass is 32.1. The van der Waals surface area contributed by atoms with E-state index in [9.17, 15) is 4.79 Å². The first-order valence-corrected chi connectivity index (χ1v) is 7.86. The van der Waals surface area contributed by atoms with E-state index in [2.05, 4.69) is 13.8 Å². The predicted molar refractivity (Wildman–Crippen MR) is 83.7 cm³/mol. The number of hydrogen-bond donors (Lipinski definition) is 1. The van der Waals surface area contributed by atoms with Crippen LogP contribution in [0, 0.1) is 5.41 Å². The number of thiocarbonyl (C=S) groups is 1. The van der Waals surface area contributed by atoms with Gasteiger partial charge < -0.3 is 10.6 Å². The number of nitrogens with two attached hydrogens (primary N) is 1. The molecule has 0 atom stereocenters. The summed E-state index contributed by atoms with van der Waals surface area (Å²) in [6, 6.07) is 3.98. The number of aryl methyl sites for hydroxylation is 1. The van der Waals surface area contributed by atoms with Crippen LogP contribution in [-0.4, -0.2) is 28.9 Å². The molecule has 0 bridgehead atoms. The Labute approximate surface area is 123 Å². The van der Waals surface area contributed by atoms with Gasteiger partial charge in [0.1, 0.15) is 0 Å². The molecule has 1 amide bonds. The fourth-order valence-electron chi connectivity index (χ4n) is 2.29. The van der Waals surface area contributed by atoms with Crippen LogP contribution in [0.15, 0.2) is 12.1 Å². The summed E-state index contributed by atoms with van der Waals surface area (Å²) in [7, 11) is 0. The van der Waals surface area contributed by atoms with Crippen molar-refractivity contribution in [2.45, 2.75) is 33.1 Å². The third kappa shape index (κ3) is 2.98. The topological polar surface area (TPSA) is 46.3 Å². The van der Waals surface area contributed by atoms with E-state index in [1.54, 1.807) is 11.3 Å². The molecular formula is C14H20N2OS2. The van der Waals surface area contributed by atoms with Gasteiger partial charge >= 0.3 is 0 Å². The van der Waals surface area contributed by atoms with E-state index in [1.165, 1.54) is 4.88 Å². The van der Waals surface area contributed by atoms with Crippen LogP contribution in [-0.2, 0) is 6.42 Å². The van der Waals surface area contributed by atoms with E-state index in [1.807, 2.05) is 17.0 Å². The minimum atomic E-state index is -0.0872. The van der Waals surface area contributed by atoms with Crippen molar-refractivity contribution in [3.63, 3.8) is 0 Å². The Morgan fingerprint density at radius 3 is 2.58 bits per heavy atom. The number of rotatable bonds is 3. The van der Waals surface area contributed by atoms with Crippen LogP contribution in [0.1, 0.15) is 41.2 Å². The van der Waals surface area contributed by atoms with Crippen LogP contribution in [0.5, 0.6) is 0 Å². The number of thiophene rings is 1. The summed E-state index contributed by atoms with van der Waals surface area (Å²) in [5.74, 6) is 0.148. The van der Waals surface area contributed by atoms with Gasteiger partial charge in [0.15, 0.2) is 0 Å². The zero-order valence-corrected chi connectivity index (χ0v) is 13.1. The van der Waals surface area contributed by atoms with Crippen molar-refractivity contribution in [3.8, 4) is 0 Å². The van der Waals surface area contributed by atoms with Crippen LogP contribution in [0.4, 0.5) is 0 Å². The third-order valence-electron chi connectivity index (χ3n) is 3.97. The van der Waals surface area contributed by atoms with E-state index in [-0.39, 0.29) is 11.3 Å². The smallest absolute Gasteiger partial charge is 0.263 e. The average Bonchev–Trinajstić information content (AvgIpc) is 2.87. The SMILES string of the molecule is CCc1ccc(C(=O)N2CCC(C)(C(N)=S)CC2)s1. The molecule has 0 unspecified atom stereocenters. The Kier molecular flexibility index (Phi) is 4.26. The lowest BCUT2D eigenvalue weighted by atomic mass is 9.80. The van der Waals surface area contributed by atoms with Gasteiger partial charge in [-0.25, -0.2) is 0 Å². The number of piperidine rings is 1. The van der Waals surface area contributed by atoms with Gasteiger partial charge in [0.05, 0.1) is 9.87 Å². The van der Waals surface area contributed by atoms with Gasteiger partial charge in [-0.3, -0.25) is 4.79 Å². The second-order valence-electron chi connectivity index (χ2n) is 5.34. The summed E-state index contributed by atoms with van der Waals surface area (Å²) in [4.78, 5) is 17.0. The van der Waals surface area contributed by atoms with Crippen molar-refractivity contribution in [1.29, 1.82) is 0 Å². The van der Waals surface area contributed by atoms with Gasteiger partial charge in [0.2, 0.25) is 0 Å². The number of carbonyl (C=O) groups is 1. The molecule has 2 heterocycles. The molecule has 104 valence electrons. The van der Waals surface area contributed by atoms with Crippen molar-refractivity contribution in [1.82, 2.24) is 4.90 Å². The normalized spacial score (nSPS) is 18.3. The molecule has 0 spiro atoms. The predicted octanol–water partition coefficient (Wildman–Crippen LogP) is 2.84. The minimum Gasteiger partial charge on any atom is -0.393 e. The van der Waals surface area contributed by atoms with Crippen molar-refractivity contribution in [2.75, 3.05) is 13.1 Å². The molecule has 1 aromatic heterocycles. The number of hydrogen-bond acceptors (Lipinski definition) is 3. The molecule has 0 aromatic carbocycles. The largest absolute Gasteiger partial charge is 0.393 e. The molecule has 0 aliphatic carbocycles. The fourth-order valence-corrected chi connectivity index (χ4v) is 3.41. The van der Waals surface area contributed by atoms with E-state index in [0.717, 1.165) is 37.2 Å². The fraction of sp³-hybridized carbons (Fsp3) is 0.571. The van der Waals surface area contributed by atoms with Crippen LogP contribution in [0.2, 0.25) is 0 Å². The average molecular weight is 296 g/mol. The first kappa shape index (κ1) is 14.5. The molecular weight excluding hydrogens is 276 g/mol. The molecule has 1 saturated heterocycles.